The lowest BCUT2D eigenvalue weighted by Crippen LogP contribution is -2.30. The summed E-state index contributed by atoms with van der Waals surface area (Å²) in [6, 6.07) is 12.0. The van der Waals surface area contributed by atoms with Gasteiger partial charge in [-0.3, -0.25) is 14.5 Å². The van der Waals surface area contributed by atoms with Crippen LogP contribution in [0.3, 0.4) is 0 Å². The summed E-state index contributed by atoms with van der Waals surface area (Å²) in [4.78, 5) is 37.1. The Balaban J connectivity index is 1.67. The maximum atomic E-state index is 12.5. The van der Waals surface area contributed by atoms with Gasteiger partial charge in [0.1, 0.15) is 0 Å². The summed E-state index contributed by atoms with van der Waals surface area (Å²) >= 11 is 0. The topological polar surface area (TPSA) is 122 Å². The van der Waals surface area contributed by atoms with Gasteiger partial charge in [-0.2, -0.15) is 0 Å². The van der Waals surface area contributed by atoms with E-state index in [9.17, 15) is 22.8 Å². The van der Waals surface area contributed by atoms with Gasteiger partial charge in [0.05, 0.1) is 30.3 Å². The lowest BCUT2D eigenvalue weighted by molar-refractivity contribution is -0.125. The number of hydrogen-bond donors (Lipinski definition) is 2. The van der Waals surface area contributed by atoms with Gasteiger partial charge in [-0.15, -0.1) is 0 Å². The Morgan fingerprint density at radius 2 is 1.90 bits per heavy atom. The first-order valence-electron chi connectivity index (χ1n) is 9.10. The number of carbonyl (C=O) groups is 3. The number of ether oxygens (including phenoxy) is 1. The molecule has 1 fully saturated rings. The number of urea groups is 1. The number of carbonyl (C=O) groups excluding carboxylic acids is 3. The highest BCUT2D eigenvalue weighted by Gasteiger charge is 2.28. The van der Waals surface area contributed by atoms with Crippen molar-refractivity contribution in [2.75, 3.05) is 31.3 Å². The highest BCUT2D eigenvalue weighted by atomic mass is 32.2. The third-order valence-corrected chi connectivity index (χ3v) is 6.19. The van der Waals surface area contributed by atoms with E-state index in [0.717, 1.165) is 4.90 Å². The summed E-state index contributed by atoms with van der Waals surface area (Å²) in [6.45, 7) is 0.167. The summed E-state index contributed by atoms with van der Waals surface area (Å²) in [6.07, 6.45) is 0. The van der Waals surface area contributed by atoms with Gasteiger partial charge in [-0.1, -0.05) is 12.1 Å². The van der Waals surface area contributed by atoms with Crippen LogP contribution in [0.25, 0.3) is 0 Å². The first kappa shape index (κ1) is 21.5. The van der Waals surface area contributed by atoms with Crippen LogP contribution in [0.2, 0.25) is 0 Å². The molecule has 0 spiro atoms. The van der Waals surface area contributed by atoms with Crippen molar-refractivity contribution in [2.45, 2.75) is 11.4 Å². The summed E-state index contributed by atoms with van der Waals surface area (Å²) in [5.41, 5.74) is 1.46. The molecule has 158 valence electrons. The summed E-state index contributed by atoms with van der Waals surface area (Å²) in [5.74, 6) is -0.864. The maximum absolute atomic E-state index is 12.5. The van der Waals surface area contributed by atoms with Crippen molar-refractivity contribution in [1.82, 2.24) is 10.2 Å². The average molecular weight is 431 g/mol. The summed E-state index contributed by atoms with van der Waals surface area (Å²) in [5, 5.41) is 5.18. The predicted molar refractivity (Wildman–Crippen MR) is 109 cm³/mol. The van der Waals surface area contributed by atoms with E-state index in [4.69, 9.17) is 4.74 Å². The number of imide groups is 1. The van der Waals surface area contributed by atoms with E-state index in [1.165, 1.54) is 31.4 Å². The molecule has 0 aromatic heterocycles. The molecule has 0 saturated carbocycles. The third kappa shape index (κ3) is 5.02. The minimum atomic E-state index is -3.47. The van der Waals surface area contributed by atoms with Crippen molar-refractivity contribution in [3.63, 3.8) is 0 Å². The van der Waals surface area contributed by atoms with E-state index < -0.39 is 21.8 Å². The van der Waals surface area contributed by atoms with Gasteiger partial charge in [0.2, 0.25) is 5.91 Å². The van der Waals surface area contributed by atoms with E-state index in [1.807, 2.05) is 0 Å². The highest BCUT2D eigenvalue weighted by molar-refractivity contribution is 7.91. The number of benzene rings is 2. The fraction of sp³-hybridized carbons (Fsp3) is 0.250. The molecule has 4 amide bonds. The molecule has 0 unspecified atom stereocenters. The summed E-state index contributed by atoms with van der Waals surface area (Å²) < 4.78 is 29.1. The van der Waals surface area contributed by atoms with E-state index in [-0.39, 0.29) is 36.3 Å². The van der Waals surface area contributed by atoms with E-state index in [0.29, 0.717) is 16.8 Å². The number of sulfone groups is 1. The van der Waals surface area contributed by atoms with Crippen molar-refractivity contribution < 1.29 is 27.5 Å². The number of hydrogen-bond acceptors (Lipinski definition) is 6. The van der Waals surface area contributed by atoms with Gasteiger partial charge < -0.3 is 15.4 Å². The molecule has 1 heterocycles. The van der Waals surface area contributed by atoms with Crippen LogP contribution in [0.15, 0.2) is 53.4 Å². The van der Waals surface area contributed by atoms with E-state index in [2.05, 4.69) is 10.6 Å². The second-order valence-corrected chi connectivity index (χ2v) is 8.74. The van der Waals surface area contributed by atoms with Crippen LogP contribution in [0.1, 0.15) is 15.9 Å². The molecule has 2 aromatic rings. The Morgan fingerprint density at radius 3 is 2.53 bits per heavy atom. The van der Waals surface area contributed by atoms with Crippen LogP contribution in [0.4, 0.5) is 10.5 Å². The van der Waals surface area contributed by atoms with Crippen molar-refractivity contribution in [2.24, 2.45) is 0 Å². The zero-order valence-corrected chi connectivity index (χ0v) is 17.1. The molecular formula is C20H21N3O6S. The maximum Gasteiger partial charge on any atom is 0.324 e. The van der Waals surface area contributed by atoms with Gasteiger partial charge in [0, 0.05) is 18.4 Å². The van der Waals surface area contributed by atoms with Gasteiger partial charge in [-0.25, -0.2) is 13.2 Å². The Kier molecular flexibility index (Phi) is 6.48. The molecule has 3 rings (SSSR count). The van der Waals surface area contributed by atoms with Crippen molar-refractivity contribution in [3.05, 3.63) is 59.7 Å². The van der Waals surface area contributed by atoms with E-state index >= 15 is 0 Å². The van der Waals surface area contributed by atoms with Crippen molar-refractivity contribution in [3.8, 4) is 0 Å². The Morgan fingerprint density at radius 1 is 1.17 bits per heavy atom. The average Bonchev–Trinajstić information content (AvgIpc) is 3.05. The fourth-order valence-corrected chi connectivity index (χ4v) is 4.05. The zero-order valence-electron chi connectivity index (χ0n) is 16.3. The predicted octanol–water partition coefficient (Wildman–Crippen LogP) is 1.41. The SMILES string of the molecule is COCCS(=O)(=O)c1ccc(C(=O)Nc2cccc(CN3C(=O)CNC3=O)c2)cc1. The standard InChI is InChI=1S/C20H21N3O6S/c1-29-9-10-30(27,28)17-7-5-15(6-8-17)19(25)22-16-4-2-3-14(11-16)13-23-18(24)12-21-20(23)26/h2-8,11H,9-10,12-13H2,1H3,(H,21,26)(H,22,25). The number of rotatable bonds is 8. The molecular weight excluding hydrogens is 410 g/mol. The van der Waals surface area contributed by atoms with Crippen LogP contribution < -0.4 is 10.6 Å². The number of nitrogens with zero attached hydrogens (tertiary/aromatic N) is 1. The molecule has 2 N–H and O–H groups in total. The first-order valence-corrected chi connectivity index (χ1v) is 10.8. The molecule has 1 aliphatic heterocycles. The Bertz CT molecular complexity index is 1050. The van der Waals surface area contributed by atoms with Crippen LogP contribution in [0, 0.1) is 0 Å². The second-order valence-electron chi connectivity index (χ2n) is 6.63. The molecule has 0 atom stereocenters. The minimum absolute atomic E-state index is 0.0214. The van der Waals surface area contributed by atoms with Crippen molar-refractivity contribution >= 4 is 33.4 Å². The summed E-state index contributed by atoms with van der Waals surface area (Å²) in [7, 11) is -2.05. The molecule has 2 aromatic carbocycles. The molecule has 10 heteroatoms. The largest absolute Gasteiger partial charge is 0.384 e. The smallest absolute Gasteiger partial charge is 0.324 e. The Labute approximate surface area is 173 Å². The molecule has 9 nitrogen and oxygen atoms in total. The Hall–Kier alpha value is -3.24. The number of methoxy groups -OCH3 is 1. The van der Waals surface area contributed by atoms with Gasteiger partial charge in [0.25, 0.3) is 5.91 Å². The highest BCUT2D eigenvalue weighted by Crippen LogP contribution is 2.17. The van der Waals surface area contributed by atoms with Gasteiger partial charge in [0.15, 0.2) is 9.84 Å². The number of nitrogens with one attached hydrogen (secondary N) is 2. The molecule has 0 radical (unpaired) electrons. The molecule has 0 aliphatic carbocycles. The molecule has 30 heavy (non-hydrogen) atoms. The second kappa shape index (κ2) is 9.06. The monoisotopic (exact) mass is 431 g/mol. The minimum Gasteiger partial charge on any atom is -0.384 e. The molecule has 1 aliphatic rings. The lowest BCUT2D eigenvalue weighted by atomic mass is 10.1. The fourth-order valence-electron chi connectivity index (χ4n) is 2.87. The third-order valence-electron chi connectivity index (χ3n) is 4.49. The zero-order chi connectivity index (χ0) is 21.7. The molecule has 0 bridgehead atoms. The van der Waals surface area contributed by atoms with Crippen LogP contribution >= 0.6 is 0 Å². The van der Waals surface area contributed by atoms with E-state index in [1.54, 1.807) is 24.3 Å². The first-order chi connectivity index (χ1) is 14.3. The van der Waals surface area contributed by atoms with Gasteiger partial charge >= 0.3 is 6.03 Å². The van der Waals surface area contributed by atoms with Gasteiger partial charge in [-0.05, 0) is 42.0 Å². The normalized spacial score (nSPS) is 14.0. The van der Waals surface area contributed by atoms with Crippen molar-refractivity contribution in [1.29, 1.82) is 0 Å². The number of anilines is 1. The van der Waals surface area contributed by atoms with Crippen LogP contribution in [-0.4, -0.2) is 57.2 Å². The quantitative estimate of drug-likeness (QED) is 0.610. The number of amides is 4. The van der Waals surface area contributed by atoms with Crippen LogP contribution in [0.5, 0.6) is 0 Å². The van der Waals surface area contributed by atoms with Crippen LogP contribution in [-0.2, 0) is 25.9 Å². The lowest BCUT2D eigenvalue weighted by Gasteiger charge is -2.13. The molecule has 1 saturated heterocycles.